The highest BCUT2D eigenvalue weighted by Gasteiger charge is 2.21. The van der Waals surface area contributed by atoms with Crippen LogP contribution in [0.4, 0.5) is 0 Å². The monoisotopic (exact) mass is 212 g/mol. The number of carbonyl (C=O) groups is 1. The van der Waals surface area contributed by atoms with Gasteiger partial charge in [-0.1, -0.05) is 26.7 Å². The maximum atomic E-state index is 11.9. The second-order valence-electron chi connectivity index (χ2n) is 4.45. The van der Waals surface area contributed by atoms with Crippen molar-refractivity contribution in [3.63, 3.8) is 0 Å². The Morgan fingerprint density at radius 3 is 2.87 bits per heavy atom. The Bertz CT molecular complexity index is 188. The summed E-state index contributed by atoms with van der Waals surface area (Å²) >= 11 is 0. The van der Waals surface area contributed by atoms with Crippen LogP contribution in [0.5, 0.6) is 0 Å². The van der Waals surface area contributed by atoms with Gasteiger partial charge in [0.05, 0.1) is 0 Å². The molecule has 0 aromatic heterocycles. The lowest BCUT2D eigenvalue weighted by Crippen LogP contribution is -2.39. The fourth-order valence-electron chi connectivity index (χ4n) is 2.07. The van der Waals surface area contributed by atoms with Gasteiger partial charge >= 0.3 is 0 Å². The van der Waals surface area contributed by atoms with E-state index >= 15 is 0 Å². The minimum absolute atomic E-state index is 0.227. The maximum absolute atomic E-state index is 11.9. The molecular weight excluding hydrogens is 188 g/mol. The molecule has 15 heavy (non-hydrogen) atoms. The summed E-state index contributed by atoms with van der Waals surface area (Å²) in [7, 11) is 0. The molecule has 1 amide bonds. The van der Waals surface area contributed by atoms with E-state index in [4.69, 9.17) is 0 Å². The zero-order valence-corrected chi connectivity index (χ0v) is 10.0. The van der Waals surface area contributed by atoms with Crippen LogP contribution in [0.2, 0.25) is 0 Å². The van der Waals surface area contributed by atoms with Gasteiger partial charge in [0.25, 0.3) is 0 Å². The molecular formula is C12H24N2O. The Balaban J connectivity index is 2.28. The third-order valence-electron chi connectivity index (χ3n) is 3.18. The van der Waals surface area contributed by atoms with E-state index in [1.54, 1.807) is 0 Å². The summed E-state index contributed by atoms with van der Waals surface area (Å²) < 4.78 is 0. The highest BCUT2D eigenvalue weighted by atomic mass is 16.1. The van der Waals surface area contributed by atoms with Crippen molar-refractivity contribution in [2.24, 2.45) is 5.92 Å². The minimum Gasteiger partial charge on any atom is -0.352 e. The normalized spacial score (nSPS) is 22.7. The lowest BCUT2D eigenvalue weighted by molar-refractivity contribution is -0.125. The SMILES string of the molecule is CCCCC(CC)C(=O)N[C@@H]1CCNC1. The molecule has 1 saturated heterocycles. The largest absolute Gasteiger partial charge is 0.352 e. The van der Waals surface area contributed by atoms with Crippen LogP contribution in [0.1, 0.15) is 46.0 Å². The summed E-state index contributed by atoms with van der Waals surface area (Å²) in [5.41, 5.74) is 0. The average molecular weight is 212 g/mol. The molecule has 0 bridgehead atoms. The lowest BCUT2D eigenvalue weighted by atomic mass is 9.98. The van der Waals surface area contributed by atoms with Gasteiger partial charge in [-0.05, 0) is 25.8 Å². The predicted octanol–water partition coefficient (Wildman–Crippen LogP) is 1.68. The van der Waals surface area contributed by atoms with Crippen molar-refractivity contribution in [2.75, 3.05) is 13.1 Å². The topological polar surface area (TPSA) is 41.1 Å². The molecule has 0 spiro atoms. The van der Waals surface area contributed by atoms with E-state index < -0.39 is 0 Å². The fraction of sp³-hybridized carbons (Fsp3) is 0.917. The summed E-state index contributed by atoms with van der Waals surface area (Å²) in [6.45, 7) is 6.25. The zero-order chi connectivity index (χ0) is 11.1. The molecule has 1 aliphatic heterocycles. The number of rotatable bonds is 6. The number of carbonyl (C=O) groups excluding carboxylic acids is 1. The number of nitrogens with one attached hydrogen (secondary N) is 2. The van der Waals surface area contributed by atoms with Crippen LogP contribution in [-0.2, 0) is 4.79 Å². The van der Waals surface area contributed by atoms with E-state index in [2.05, 4.69) is 24.5 Å². The van der Waals surface area contributed by atoms with E-state index in [9.17, 15) is 4.79 Å². The molecule has 88 valence electrons. The van der Waals surface area contributed by atoms with E-state index in [0.717, 1.165) is 38.8 Å². The highest BCUT2D eigenvalue weighted by Crippen LogP contribution is 2.13. The Labute approximate surface area is 93.0 Å². The first-order valence-corrected chi connectivity index (χ1v) is 6.29. The number of amides is 1. The van der Waals surface area contributed by atoms with Crippen LogP contribution in [-0.4, -0.2) is 25.0 Å². The first kappa shape index (κ1) is 12.5. The third-order valence-corrected chi connectivity index (χ3v) is 3.18. The summed E-state index contributed by atoms with van der Waals surface area (Å²) in [6, 6.07) is 0.369. The van der Waals surface area contributed by atoms with Crippen LogP contribution in [0, 0.1) is 5.92 Å². The van der Waals surface area contributed by atoms with E-state index in [0.29, 0.717) is 6.04 Å². The van der Waals surface area contributed by atoms with Gasteiger partial charge in [-0.3, -0.25) is 4.79 Å². The Kier molecular flexibility index (Phi) is 5.69. The van der Waals surface area contributed by atoms with Crippen molar-refractivity contribution in [1.29, 1.82) is 0 Å². The van der Waals surface area contributed by atoms with Gasteiger partial charge in [0.15, 0.2) is 0 Å². The fourth-order valence-corrected chi connectivity index (χ4v) is 2.07. The quantitative estimate of drug-likeness (QED) is 0.703. The second-order valence-corrected chi connectivity index (χ2v) is 4.45. The van der Waals surface area contributed by atoms with Crippen LogP contribution in [0.25, 0.3) is 0 Å². The maximum Gasteiger partial charge on any atom is 0.223 e. The van der Waals surface area contributed by atoms with Crippen LogP contribution in [0.15, 0.2) is 0 Å². The molecule has 3 heteroatoms. The van der Waals surface area contributed by atoms with Crippen LogP contribution < -0.4 is 10.6 Å². The molecule has 1 rings (SSSR count). The van der Waals surface area contributed by atoms with Gasteiger partial charge in [0.2, 0.25) is 5.91 Å². The van der Waals surface area contributed by atoms with Crippen molar-refractivity contribution in [3.05, 3.63) is 0 Å². The zero-order valence-electron chi connectivity index (χ0n) is 10.0. The standard InChI is InChI=1S/C12H24N2O/c1-3-5-6-10(4-2)12(15)14-11-7-8-13-9-11/h10-11,13H,3-9H2,1-2H3,(H,14,15)/t10?,11-/m1/s1. The molecule has 1 unspecified atom stereocenters. The van der Waals surface area contributed by atoms with Crippen molar-refractivity contribution in [2.45, 2.75) is 52.0 Å². The molecule has 2 atom stereocenters. The number of hydrogen-bond acceptors (Lipinski definition) is 2. The summed E-state index contributed by atoms with van der Waals surface area (Å²) in [5, 5.41) is 6.40. The van der Waals surface area contributed by atoms with Crippen molar-refractivity contribution in [1.82, 2.24) is 10.6 Å². The van der Waals surface area contributed by atoms with Gasteiger partial charge in [-0.2, -0.15) is 0 Å². The van der Waals surface area contributed by atoms with Crippen molar-refractivity contribution >= 4 is 5.91 Å². The van der Waals surface area contributed by atoms with E-state index in [-0.39, 0.29) is 11.8 Å². The van der Waals surface area contributed by atoms with Gasteiger partial charge in [0, 0.05) is 18.5 Å². The summed E-state index contributed by atoms with van der Waals surface area (Å²) in [6.07, 6.45) is 5.42. The van der Waals surface area contributed by atoms with Crippen molar-refractivity contribution < 1.29 is 4.79 Å². The minimum atomic E-state index is 0.227. The molecule has 2 N–H and O–H groups in total. The van der Waals surface area contributed by atoms with Gasteiger partial charge in [0.1, 0.15) is 0 Å². The summed E-state index contributed by atoms with van der Waals surface area (Å²) in [5.74, 6) is 0.491. The molecule has 1 aliphatic rings. The highest BCUT2D eigenvalue weighted by molar-refractivity contribution is 5.78. The Hall–Kier alpha value is -0.570. The summed E-state index contributed by atoms with van der Waals surface area (Å²) in [4.78, 5) is 11.9. The molecule has 0 aromatic rings. The molecule has 0 saturated carbocycles. The predicted molar refractivity (Wildman–Crippen MR) is 62.7 cm³/mol. The smallest absolute Gasteiger partial charge is 0.223 e. The van der Waals surface area contributed by atoms with E-state index in [1.165, 1.54) is 6.42 Å². The molecule has 0 aromatic carbocycles. The Morgan fingerprint density at radius 2 is 2.33 bits per heavy atom. The van der Waals surface area contributed by atoms with Gasteiger partial charge < -0.3 is 10.6 Å². The van der Waals surface area contributed by atoms with Crippen LogP contribution in [0.3, 0.4) is 0 Å². The van der Waals surface area contributed by atoms with E-state index in [1.807, 2.05) is 0 Å². The number of unbranched alkanes of at least 4 members (excludes halogenated alkanes) is 1. The molecule has 0 radical (unpaired) electrons. The second kappa shape index (κ2) is 6.83. The first-order valence-electron chi connectivity index (χ1n) is 6.29. The number of hydrogen-bond donors (Lipinski definition) is 2. The van der Waals surface area contributed by atoms with Gasteiger partial charge in [-0.15, -0.1) is 0 Å². The molecule has 1 fully saturated rings. The molecule has 0 aliphatic carbocycles. The average Bonchev–Trinajstić information content (AvgIpc) is 2.71. The molecule has 3 nitrogen and oxygen atoms in total. The van der Waals surface area contributed by atoms with Gasteiger partial charge in [-0.25, -0.2) is 0 Å². The Morgan fingerprint density at radius 1 is 1.53 bits per heavy atom. The van der Waals surface area contributed by atoms with Crippen molar-refractivity contribution in [3.8, 4) is 0 Å². The molecule has 1 heterocycles. The lowest BCUT2D eigenvalue weighted by Gasteiger charge is -2.17. The first-order chi connectivity index (χ1) is 7.27. The third kappa shape index (κ3) is 4.20. The van der Waals surface area contributed by atoms with Crippen LogP contribution >= 0.6 is 0 Å².